The maximum absolute atomic E-state index is 15.5. The molecule has 31 heavy (non-hydrogen) atoms. The van der Waals surface area contributed by atoms with Crippen LogP contribution in [0.5, 0.6) is 0 Å². The van der Waals surface area contributed by atoms with Gasteiger partial charge in [0.2, 0.25) is 5.91 Å². The molecule has 1 amide bonds. The third-order valence-corrected chi connectivity index (χ3v) is 6.99. The first kappa shape index (κ1) is 21.7. The van der Waals surface area contributed by atoms with Crippen molar-refractivity contribution in [1.29, 1.82) is 0 Å². The van der Waals surface area contributed by atoms with Gasteiger partial charge in [0.15, 0.2) is 5.82 Å². The van der Waals surface area contributed by atoms with Gasteiger partial charge in [0.05, 0.1) is 0 Å². The van der Waals surface area contributed by atoms with E-state index in [1.165, 1.54) is 17.6 Å². The third kappa shape index (κ3) is 4.16. The first-order valence-electron chi connectivity index (χ1n) is 10.3. The van der Waals surface area contributed by atoms with Gasteiger partial charge in [-0.3, -0.25) is 9.78 Å². The topological polar surface area (TPSA) is 49.3 Å². The molecule has 1 aliphatic rings. The van der Waals surface area contributed by atoms with Crippen molar-refractivity contribution in [2.45, 2.75) is 26.2 Å². The molecule has 0 radical (unpaired) electrons. The van der Waals surface area contributed by atoms with Gasteiger partial charge in [-0.15, -0.1) is 0 Å². The monoisotopic (exact) mass is 458 g/mol. The summed E-state index contributed by atoms with van der Waals surface area (Å²) in [7, 11) is 0. The predicted molar refractivity (Wildman–Crippen MR) is 125 cm³/mol. The van der Waals surface area contributed by atoms with Crippen molar-refractivity contribution in [1.82, 2.24) is 14.3 Å². The van der Waals surface area contributed by atoms with Crippen molar-refractivity contribution in [3.05, 3.63) is 64.7 Å². The van der Waals surface area contributed by atoms with Crippen LogP contribution < -0.4 is 4.90 Å². The molecule has 3 heterocycles. The first-order chi connectivity index (χ1) is 14.9. The molecule has 5 nitrogen and oxygen atoms in total. The van der Waals surface area contributed by atoms with E-state index >= 15 is 4.39 Å². The molecule has 0 saturated carbocycles. The minimum Gasteiger partial charge on any atom is -0.358 e. The summed E-state index contributed by atoms with van der Waals surface area (Å²) in [5.41, 5.74) is 2.90. The number of amides is 1. The Bertz CT molecular complexity index is 1140. The molecule has 1 aromatic carbocycles. The minimum atomic E-state index is -0.371. The molecule has 0 bridgehead atoms. The maximum Gasteiger partial charge on any atom is 0.246 e. The summed E-state index contributed by atoms with van der Waals surface area (Å²) >= 11 is 7.85. The molecule has 1 aliphatic heterocycles. The Balaban J connectivity index is 1.64. The molecule has 0 spiro atoms. The van der Waals surface area contributed by atoms with Gasteiger partial charge in [-0.2, -0.15) is 4.37 Å². The molecule has 1 saturated heterocycles. The lowest BCUT2D eigenvalue weighted by Crippen LogP contribution is -2.48. The molecular weight excluding hydrogens is 435 g/mol. The van der Waals surface area contributed by atoms with E-state index in [1.807, 2.05) is 12.1 Å². The molecule has 3 aromatic rings. The zero-order chi connectivity index (χ0) is 22.1. The van der Waals surface area contributed by atoms with Gasteiger partial charge in [-0.05, 0) is 46.8 Å². The van der Waals surface area contributed by atoms with Crippen molar-refractivity contribution < 1.29 is 9.18 Å². The smallest absolute Gasteiger partial charge is 0.246 e. The number of piperazine rings is 1. The molecule has 0 atom stereocenters. The van der Waals surface area contributed by atoms with Gasteiger partial charge < -0.3 is 9.80 Å². The molecule has 0 unspecified atom stereocenters. The van der Waals surface area contributed by atoms with Crippen LogP contribution in [0.2, 0.25) is 5.02 Å². The SMILES string of the molecule is C=CC(=O)N1CCN(c2snc3c(F)c(Cc4cnccc4C(C)C)c(Cl)cc23)CC1. The number of halogens is 2. The minimum absolute atomic E-state index is 0.0660. The molecule has 4 rings (SSSR count). The highest BCUT2D eigenvalue weighted by Crippen LogP contribution is 2.38. The number of rotatable bonds is 5. The number of benzene rings is 1. The van der Waals surface area contributed by atoms with E-state index in [0.717, 1.165) is 21.5 Å². The van der Waals surface area contributed by atoms with Crippen LogP contribution in [0.15, 0.2) is 37.2 Å². The third-order valence-electron chi connectivity index (χ3n) is 5.72. The highest BCUT2D eigenvalue weighted by molar-refractivity contribution is 7.11. The Hall–Kier alpha value is -2.51. The number of nitrogens with zero attached hydrogens (tertiary/aromatic N) is 4. The van der Waals surface area contributed by atoms with Gasteiger partial charge >= 0.3 is 0 Å². The van der Waals surface area contributed by atoms with Crippen LogP contribution in [0.4, 0.5) is 9.39 Å². The largest absolute Gasteiger partial charge is 0.358 e. The number of anilines is 1. The van der Waals surface area contributed by atoms with Crippen LogP contribution in [-0.4, -0.2) is 46.3 Å². The van der Waals surface area contributed by atoms with E-state index in [-0.39, 0.29) is 11.7 Å². The summed E-state index contributed by atoms with van der Waals surface area (Å²) in [6, 6.07) is 3.79. The summed E-state index contributed by atoms with van der Waals surface area (Å²) in [6.07, 6.45) is 5.25. The van der Waals surface area contributed by atoms with E-state index in [9.17, 15) is 4.79 Å². The predicted octanol–water partition coefficient (Wildman–Crippen LogP) is 5.03. The van der Waals surface area contributed by atoms with E-state index < -0.39 is 0 Å². The molecule has 0 aliphatic carbocycles. The average molecular weight is 459 g/mol. The van der Waals surface area contributed by atoms with E-state index in [4.69, 9.17) is 11.6 Å². The van der Waals surface area contributed by atoms with Crippen molar-refractivity contribution in [3.63, 3.8) is 0 Å². The van der Waals surface area contributed by atoms with Crippen molar-refractivity contribution in [2.24, 2.45) is 0 Å². The average Bonchev–Trinajstić information content (AvgIpc) is 3.20. The number of aromatic nitrogens is 2. The first-order valence-corrected chi connectivity index (χ1v) is 11.4. The number of fused-ring (bicyclic) bond motifs is 1. The summed E-state index contributed by atoms with van der Waals surface area (Å²) in [5.74, 6) is -0.131. The quantitative estimate of drug-likeness (QED) is 0.503. The van der Waals surface area contributed by atoms with Gasteiger partial charge in [0, 0.05) is 61.0 Å². The lowest BCUT2D eigenvalue weighted by molar-refractivity contribution is -0.126. The summed E-state index contributed by atoms with van der Waals surface area (Å²) < 4.78 is 19.9. The van der Waals surface area contributed by atoms with E-state index in [0.29, 0.717) is 54.6 Å². The van der Waals surface area contributed by atoms with Crippen LogP contribution in [0.25, 0.3) is 10.9 Å². The Morgan fingerprint density at radius 1 is 1.35 bits per heavy atom. The second kappa shape index (κ2) is 8.93. The van der Waals surface area contributed by atoms with Gasteiger partial charge in [-0.25, -0.2) is 4.39 Å². The van der Waals surface area contributed by atoms with Crippen LogP contribution >= 0.6 is 23.1 Å². The molecular formula is C23H24ClFN4OS. The number of hydrogen-bond donors (Lipinski definition) is 0. The number of carbonyl (C=O) groups is 1. The molecule has 2 aromatic heterocycles. The number of hydrogen-bond acceptors (Lipinski definition) is 5. The van der Waals surface area contributed by atoms with Crippen molar-refractivity contribution >= 4 is 44.9 Å². The highest BCUT2D eigenvalue weighted by atomic mass is 35.5. The fraction of sp³-hybridized carbons (Fsp3) is 0.348. The van der Waals surface area contributed by atoms with Crippen LogP contribution in [0, 0.1) is 5.82 Å². The summed E-state index contributed by atoms with van der Waals surface area (Å²) in [5, 5.41) is 2.00. The molecule has 0 N–H and O–H groups in total. The number of pyridine rings is 1. The lowest BCUT2D eigenvalue weighted by Gasteiger charge is -2.34. The second-order valence-corrected chi connectivity index (χ2v) is 9.12. The Morgan fingerprint density at radius 3 is 2.77 bits per heavy atom. The standard InChI is InChI=1S/C23H24ClFN4OS/c1-4-20(30)28-7-9-29(10-8-28)23-18-12-19(24)17(21(25)22(18)27-31-23)11-15-13-26-6-5-16(15)14(2)3/h4-6,12-14H,1,7-11H2,2-3H3. The van der Waals surface area contributed by atoms with Gasteiger partial charge in [0.25, 0.3) is 0 Å². The zero-order valence-corrected chi connectivity index (χ0v) is 19.1. The Labute approximate surface area is 190 Å². The van der Waals surface area contributed by atoms with Crippen LogP contribution in [0.1, 0.15) is 36.5 Å². The van der Waals surface area contributed by atoms with Crippen LogP contribution in [0.3, 0.4) is 0 Å². The normalized spacial score (nSPS) is 14.5. The van der Waals surface area contributed by atoms with E-state index in [2.05, 4.69) is 34.7 Å². The maximum atomic E-state index is 15.5. The zero-order valence-electron chi connectivity index (χ0n) is 17.6. The fourth-order valence-corrected chi connectivity index (χ4v) is 5.19. The van der Waals surface area contributed by atoms with Gasteiger partial charge in [0.1, 0.15) is 10.5 Å². The van der Waals surface area contributed by atoms with Gasteiger partial charge in [-0.1, -0.05) is 32.0 Å². The summed E-state index contributed by atoms with van der Waals surface area (Å²) in [6.45, 7) is 10.3. The lowest BCUT2D eigenvalue weighted by atomic mass is 9.94. The second-order valence-electron chi connectivity index (χ2n) is 7.96. The van der Waals surface area contributed by atoms with Crippen molar-refractivity contribution in [3.8, 4) is 0 Å². The fourth-order valence-electron chi connectivity index (χ4n) is 4.03. The highest BCUT2D eigenvalue weighted by Gasteiger charge is 2.25. The molecule has 162 valence electrons. The Kier molecular flexibility index (Phi) is 6.25. The van der Waals surface area contributed by atoms with Crippen LogP contribution in [-0.2, 0) is 11.2 Å². The Morgan fingerprint density at radius 2 is 2.10 bits per heavy atom. The number of carbonyl (C=O) groups excluding carboxylic acids is 1. The summed E-state index contributed by atoms with van der Waals surface area (Å²) in [4.78, 5) is 19.9. The van der Waals surface area contributed by atoms with Crippen molar-refractivity contribution in [2.75, 3.05) is 31.1 Å². The van der Waals surface area contributed by atoms with E-state index in [1.54, 1.807) is 17.3 Å². The molecule has 8 heteroatoms. The molecule has 1 fully saturated rings.